The molecular formula is C19H16ClFN2O. The van der Waals surface area contributed by atoms with Gasteiger partial charge in [-0.25, -0.2) is 4.39 Å². The molecule has 1 aliphatic carbocycles. The van der Waals surface area contributed by atoms with Crippen LogP contribution in [-0.2, 0) is 12.8 Å². The average Bonchev–Trinajstić information content (AvgIpc) is 2.92. The summed E-state index contributed by atoms with van der Waals surface area (Å²) in [7, 11) is 0. The van der Waals surface area contributed by atoms with Crippen LogP contribution in [0, 0.1) is 5.82 Å². The number of aromatic amines is 1. The number of amides is 1. The lowest BCUT2D eigenvalue weighted by Gasteiger charge is -2.23. The number of carbonyl (C=O) groups is 1. The van der Waals surface area contributed by atoms with Gasteiger partial charge in [-0.15, -0.1) is 0 Å². The van der Waals surface area contributed by atoms with Crippen LogP contribution in [0.15, 0.2) is 42.5 Å². The number of rotatable bonds is 2. The highest BCUT2D eigenvalue weighted by Gasteiger charge is 2.24. The number of nitrogens with one attached hydrogen (secondary N) is 2. The molecule has 1 unspecified atom stereocenters. The van der Waals surface area contributed by atoms with Gasteiger partial charge in [0.15, 0.2) is 0 Å². The van der Waals surface area contributed by atoms with E-state index >= 15 is 0 Å². The largest absolute Gasteiger partial charge is 0.358 e. The Kier molecular flexibility index (Phi) is 3.77. The van der Waals surface area contributed by atoms with E-state index in [2.05, 4.69) is 10.3 Å². The number of carbonyl (C=O) groups excluding carboxylic acids is 1. The van der Waals surface area contributed by atoms with Crippen molar-refractivity contribution in [2.45, 2.75) is 25.3 Å². The van der Waals surface area contributed by atoms with Crippen molar-refractivity contribution in [1.29, 1.82) is 0 Å². The van der Waals surface area contributed by atoms with Crippen LogP contribution in [0.2, 0.25) is 5.02 Å². The van der Waals surface area contributed by atoms with Crippen LogP contribution in [0.4, 0.5) is 4.39 Å². The summed E-state index contributed by atoms with van der Waals surface area (Å²) in [6.45, 7) is 0. The summed E-state index contributed by atoms with van der Waals surface area (Å²) >= 11 is 5.86. The Hall–Kier alpha value is -2.33. The van der Waals surface area contributed by atoms with Crippen LogP contribution < -0.4 is 5.32 Å². The van der Waals surface area contributed by atoms with Crippen LogP contribution in [0.3, 0.4) is 0 Å². The number of halogens is 2. The highest BCUT2D eigenvalue weighted by Crippen LogP contribution is 2.29. The second kappa shape index (κ2) is 5.95. The molecule has 1 heterocycles. The van der Waals surface area contributed by atoms with E-state index in [0.717, 1.165) is 35.9 Å². The maximum Gasteiger partial charge on any atom is 0.251 e. The summed E-state index contributed by atoms with van der Waals surface area (Å²) in [6, 6.07) is 11.8. The van der Waals surface area contributed by atoms with E-state index in [9.17, 15) is 9.18 Å². The average molecular weight is 343 g/mol. The number of fused-ring (bicyclic) bond motifs is 3. The summed E-state index contributed by atoms with van der Waals surface area (Å²) in [6.07, 6.45) is 2.46. The van der Waals surface area contributed by atoms with Gasteiger partial charge in [0.25, 0.3) is 5.91 Å². The van der Waals surface area contributed by atoms with Crippen LogP contribution >= 0.6 is 11.6 Å². The second-order valence-corrected chi connectivity index (χ2v) is 6.63. The first-order valence-corrected chi connectivity index (χ1v) is 8.33. The molecule has 0 fully saturated rings. The number of hydrogen-bond acceptors (Lipinski definition) is 1. The molecule has 2 aromatic carbocycles. The molecule has 5 heteroatoms. The first kappa shape index (κ1) is 15.2. The highest BCUT2D eigenvalue weighted by molar-refractivity contribution is 6.30. The van der Waals surface area contributed by atoms with Crippen LogP contribution in [0.1, 0.15) is 28.0 Å². The quantitative estimate of drug-likeness (QED) is 0.718. The maximum atomic E-state index is 13.4. The summed E-state index contributed by atoms with van der Waals surface area (Å²) in [5.41, 5.74) is 3.75. The van der Waals surface area contributed by atoms with Crippen LogP contribution in [0.25, 0.3) is 10.9 Å². The van der Waals surface area contributed by atoms with E-state index in [4.69, 9.17) is 11.6 Å². The minimum absolute atomic E-state index is 0.0738. The van der Waals surface area contributed by atoms with Gasteiger partial charge in [0.1, 0.15) is 5.82 Å². The Balaban J connectivity index is 1.54. The molecule has 1 aromatic heterocycles. The van der Waals surface area contributed by atoms with Gasteiger partial charge in [-0.05, 0) is 67.3 Å². The van der Waals surface area contributed by atoms with Gasteiger partial charge in [0.2, 0.25) is 0 Å². The van der Waals surface area contributed by atoms with Crippen molar-refractivity contribution in [3.05, 3.63) is 70.1 Å². The minimum atomic E-state index is -0.242. The first-order chi connectivity index (χ1) is 11.6. The van der Waals surface area contributed by atoms with Crippen molar-refractivity contribution in [3.63, 3.8) is 0 Å². The summed E-state index contributed by atoms with van der Waals surface area (Å²) < 4.78 is 13.4. The smallest absolute Gasteiger partial charge is 0.251 e. The van der Waals surface area contributed by atoms with Gasteiger partial charge in [-0.2, -0.15) is 0 Å². The second-order valence-electron chi connectivity index (χ2n) is 6.19. The number of H-pyrrole nitrogens is 1. The van der Waals surface area contributed by atoms with E-state index in [-0.39, 0.29) is 17.8 Å². The van der Waals surface area contributed by atoms with Crippen LogP contribution in [0.5, 0.6) is 0 Å². The molecule has 3 nitrogen and oxygen atoms in total. The number of benzene rings is 2. The molecule has 1 aliphatic rings. The van der Waals surface area contributed by atoms with E-state index in [1.165, 1.54) is 17.7 Å². The molecule has 4 rings (SSSR count). The van der Waals surface area contributed by atoms with Gasteiger partial charge in [0.05, 0.1) is 0 Å². The predicted octanol–water partition coefficient (Wildman–Crippen LogP) is 4.25. The summed E-state index contributed by atoms with van der Waals surface area (Å²) in [4.78, 5) is 15.7. The Morgan fingerprint density at radius 3 is 2.79 bits per heavy atom. The number of aryl methyl sites for hydroxylation is 1. The fraction of sp³-hybridized carbons (Fsp3) is 0.211. The lowest BCUT2D eigenvalue weighted by atomic mass is 9.91. The van der Waals surface area contributed by atoms with Gasteiger partial charge >= 0.3 is 0 Å². The zero-order valence-electron chi connectivity index (χ0n) is 12.9. The lowest BCUT2D eigenvalue weighted by molar-refractivity contribution is 0.0933. The molecule has 0 aliphatic heterocycles. The molecule has 0 saturated carbocycles. The number of hydrogen-bond donors (Lipinski definition) is 2. The fourth-order valence-electron chi connectivity index (χ4n) is 3.39. The molecule has 122 valence electrons. The lowest BCUT2D eigenvalue weighted by Crippen LogP contribution is -2.38. The Labute approximate surface area is 143 Å². The Morgan fingerprint density at radius 1 is 1.21 bits per heavy atom. The summed E-state index contributed by atoms with van der Waals surface area (Å²) in [5.74, 6) is -0.334. The molecule has 24 heavy (non-hydrogen) atoms. The van der Waals surface area contributed by atoms with E-state index in [1.807, 2.05) is 6.07 Å². The minimum Gasteiger partial charge on any atom is -0.358 e. The van der Waals surface area contributed by atoms with E-state index in [0.29, 0.717) is 10.6 Å². The van der Waals surface area contributed by atoms with Gasteiger partial charge in [-0.3, -0.25) is 4.79 Å². The van der Waals surface area contributed by atoms with Crippen molar-refractivity contribution in [2.24, 2.45) is 0 Å². The van der Waals surface area contributed by atoms with Crippen molar-refractivity contribution in [3.8, 4) is 0 Å². The molecular weight excluding hydrogens is 327 g/mol. The fourth-order valence-corrected chi connectivity index (χ4v) is 3.52. The van der Waals surface area contributed by atoms with Crippen molar-refractivity contribution < 1.29 is 9.18 Å². The number of aromatic nitrogens is 1. The van der Waals surface area contributed by atoms with E-state index in [1.54, 1.807) is 24.3 Å². The zero-order chi connectivity index (χ0) is 16.7. The third-order valence-electron chi connectivity index (χ3n) is 4.59. The highest BCUT2D eigenvalue weighted by atomic mass is 35.5. The first-order valence-electron chi connectivity index (χ1n) is 7.95. The molecule has 0 radical (unpaired) electrons. The van der Waals surface area contributed by atoms with Gasteiger partial charge < -0.3 is 10.3 Å². The van der Waals surface area contributed by atoms with Crippen LogP contribution in [-0.4, -0.2) is 16.9 Å². The topological polar surface area (TPSA) is 44.9 Å². The summed E-state index contributed by atoms with van der Waals surface area (Å²) in [5, 5.41) is 4.74. The molecule has 3 aromatic rings. The predicted molar refractivity (Wildman–Crippen MR) is 93.0 cm³/mol. The van der Waals surface area contributed by atoms with Crippen molar-refractivity contribution in [2.75, 3.05) is 0 Å². The third-order valence-corrected chi connectivity index (χ3v) is 4.84. The molecule has 1 atom stereocenters. The maximum absolute atomic E-state index is 13.4. The molecule has 0 spiro atoms. The molecule has 0 saturated heterocycles. The molecule has 1 amide bonds. The van der Waals surface area contributed by atoms with E-state index < -0.39 is 0 Å². The Morgan fingerprint density at radius 2 is 2.00 bits per heavy atom. The zero-order valence-corrected chi connectivity index (χ0v) is 13.7. The third kappa shape index (κ3) is 2.78. The normalized spacial score (nSPS) is 16.8. The monoisotopic (exact) mass is 342 g/mol. The van der Waals surface area contributed by atoms with Crippen molar-refractivity contribution in [1.82, 2.24) is 10.3 Å². The Bertz CT molecular complexity index is 917. The van der Waals surface area contributed by atoms with Gasteiger partial charge in [-0.1, -0.05) is 11.6 Å². The SMILES string of the molecule is O=C(NC1CCc2[nH]c3cc(F)ccc3c2C1)c1ccc(Cl)cc1. The molecule has 2 N–H and O–H groups in total. The van der Waals surface area contributed by atoms with Crippen molar-refractivity contribution >= 4 is 28.4 Å². The van der Waals surface area contributed by atoms with Gasteiger partial charge in [0, 0.05) is 33.2 Å². The standard InChI is InChI=1S/C19H16ClFN2O/c20-12-3-1-11(2-4-12)19(24)22-14-6-8-17-16(10-14)15-7-5-13(21)9-18(15)23-17/h1-5,7,9,14,23H,6,8,10H2,(H,22,24). The molecule has 0 bridgehead atoms.